The summed E-state index contributed by atoms with van der Waals surface area (Å²) in [7, 11) is -0.679. The number of hydrogen-bond donors (Lipinski definition) is 0. The van der Waals surface area contributed by atoms with Crippen LogP contribution in [0.25, 0.3) is 0 Å². The molecule has 0 bridgehead atoms. The summed E-state index contributed by atoms with van der Waals surface area (Å²) >= 11 is 0. The third-order valence-electron chi connectivity index (χ3n) is 16.5. The molecule has 5 nitrogen and oxygen atoms in total. The van der Waals surface area contributed by atoms with Crippen molar-refractivity contribution in [3.63, 3.8) is 0 Å². The van der Waals surface area contributed by atoms with Crippen molar-refractivity contribution in [2.45, 2.75) is 247 Å². The van der Waals surface area contributed by atoms with Gasteiger partial charge in [0.15, 0.2) is 0 Å². The van der Waals surface area contributed by atoms with Crippen LogP contribution in [0.15, 0.2) is 0 Å². The molecule has 4 saturated carbocycles. The molecule has 0 saturated heterocycles. The molecule has 0 radical (unpaired) electrons. The molecule has 0 heterocycles. The number of halogens is 2. The maximum atomic E-state index is 13.2. The van der Waals surface area contributed by atoms with Gasteiger partial charge in [-0.2, -0.15) is 5.26 Å². The van der Waals surface area contributed by atoms with Gasteiger partial charge in [0.25, 0.3) is 6.43 Å². The minimum absolute atomic E-state index is 0.439. The normalized spacial score (nSPS) is 30.7. The van der Waals surface area contributed by atoms with Gasteiger partial charge >= 0.3 is 0 Å². The molecule has 4 fully saturated rings. The van der Waals surface area contributed by atoms with Crippen molar-refractivity contribution in [1.29, 1.82) is 5.26 Å². The first-order valence-electron chi connectivity index (χ1n) is 25.2. The average Bonchev–Trinajstić information content (AvgIpc) is 3.55. The molecule has 344 valence electrons. The summed E-state index contributed by atoms with van der Waals surface area (Å²) in [5.74, 6) is 4.87. The predicted octanol–water partition coefficient (Wildman–Crippen LogP) is 15.5. The van der Waals surface area contributed by atoms with Gasteiger partial charge in [0.2, 0.25) is 0 Å². The lowest BCUT2D eigenvalue weighted by Crippen LogP contribution is -2.54. The van der Waals surface area contributed by atoms with Crippen molar-refractivity contribution in [3.05, 3.63) is 0 Å². The van der Waals surface area contributed by atoms with Crippen LogP contribution in [0, 0.1) is 57.7 Å². The van der Waals surface area contributed by atoms with Crippen LogP contribution < -0.4 is 0 Å². The van der Waals surface area contributed by atoms with Crippen molar-refractivity contribution in [3.8, 4) is 6.07 Å². The second-order valence-electron chi connectivity index (χ2n) is 21.7. The van der Waals surface area contributed by atoms with Gasteiger partial charge in [0.1, 0.15) is 13.9 Å². The van der Waals surface area contributed by atoms with Crippen molar-refractivity contribution < 1.29 is 22.8 Å². The highest BCUT2D eigenvalue weighted by molar-refractivity contribution is 7.50. The molecule has 0 aromatic heterocycles. The number of hydrogen-bond acceptors (Lipinski definition) is 5. The molecule has 4 aliphatic rings. The standard InChI is InChI=1S/C51H93F2N2O3P/c1-39(2)55(40(3)4)59(37-23-33-54)58-36-21-19-17-15-13-11-10-12-14-16-18-20-34-56-43-29-31-50(8)42(38-43)25-26-44-46-28-27-45(51(46,9)32-30-47(44)50)41(5)24-22-35-57-49(6,7)48(52)53/h39-48H,10-32,34-38H2,1-9H3/t41-,42-,43-,44+,45-,46+,47+,50+,51-,59?/m1/s1. The zero-order chi connectivity index (χ0) is 43.1. The van der Waals surface area contributed by atoms with Crippen LogP contribution in [0.2, 0.25) is 0 Å². The third-order valence-corrected chi connectivity index (χ3v) is 19.1. The van der Waals surface area contributed by atoms with E-state index in [1.54, 1.807) is 0 Å². The quantitative estimate of drug-likeness (QED) is 0.0554. The number of alkyl halides is 2. The Morgan fingerprint density at radius 3 is 1.88 bits per heavy atom. The van der Waals surface area contributed by atoms with Crippen LogP contribution in [0.4, 0.5) is 8.78 Å². The van der Waals surface area contributed by atoms with E-state index in [4.69, 9.17) is 19.3 Å². The van der Waals surface area contributed by atoms with E-state index in [0.717, 1.165) is 68.2 Å². The molecule has 0 aliphatic heterocycles. The van der Waals surface area contributed by atoms with Crippen molar-refractivity contribution >= 4 is 8.30 Å². The van der Waals surface area contributed by atoms with Crippen LogP contribution in [-0.2, 0) is 14.0 Å². The predicted molar refractivity (Wildman–Crippen MR) is 245 cm³/mol. The monoisotopic (exact) mass is 851 g/mol. The number of rotatable bonds is 29. The molecule has 0 aromatic rings. The lowest BCUT2D eigenvalue weighted by molar-refractivity contribution is -0.137. The Labute approximate surface area is 364 Å². The van der Waals surface area contributed by atoms with Gasteiger partial charge in [-0.05, 0) is 171 Å². The van der Waals surface area contributed by atoms with E-state index in [2.05, 4.69) is 59.2 Å². The molecule has 0 N–H and O–H groups in total. The fraction of sp³-hybridized carbons (Fsp3) is 0.980. The zero-order valence-electron chi connectivity index (χ0n) is 39.9. The minimum Gasteiger partial charge on any atom is -0.378 e. The Morgan fingerprint density at radius 1 is 0.712 bits per heavy atom. The molecular weight excluding hydrogens is 758 g/mol. The van der Waals surface area contributed by atoms with Crippen LogP contribution >= 0.6 is 8.30 Å². The summed E-state index contributed by atoms with van der Waals surface area (Å²) in [5, 5.41) is 9.11. The second kappa shape index (κ2) is 25.2. The molecule has 59 heavy (non-hydrogen) atoms. The Bertz CT molecular complexity index is 1210. The fourth-order valence-corrected chi connectivity index (χ4v) is 15.4. The summed E-state index contributed by atoms with van der Waals surface area (Å²) in [6.07, 6.45) is 29.6. The Hall–Kier alpha value is -0.380. The summed E-state index contributed by atoms with van der Waals surface area (Å²) < 4.78 is 47.5. The number of nitriles is 1. The van der Waals surface area contributed by atoms with Crippen molar-refractivity contribution in [1.82, 2.24) is 4.67 Å². The summed E-state index contributed by atoms with van der Waals surface area (Å²) in [6, 6.07) is 3.21. The molecule has 0 spiro atoms. The van der Waals surface area contributed by atoms with Gasteiger partial charge in [0, 0.05) is 37.9 Å². The van der Waals surface area contributed by atoms with E-state index in [-0.39, 0.29) is 0 Å². The zero-order valence-corrected chi connectivity index (χ0v) is 40.8. The van der Waals surface area contributed by atoms with E-state index >= 15 is 0 Å². The number of ether oxygens (including phenoxy) is 2. The topological polar surface area (TPSA) is 54.7 Å². The van der Waals surface area contributed by atoms with Gasteiger partial charge in [-0.15, -0.1) is 0 Å². The molecular formula is C51H93F2N2O3P. The first-order valence-corrected chi connectivity index (χ1v) is 26.6. The highest BCUT2D eigenvalue weighted by Gasteiger charge is 2.60. The highest BCUT2D eigenvalue weighted by atomic mass is 31.2. The van der Waals surface area contributed by atoms with E-state index in [1.165, 1.54) is 142 Å². The first kappa shape index (κ1) is 51.3. The van der Waals surface area contributed by atoms with Gasteiger partial charge < -0.3 is 14.0 Å². The van der Waals surface area contributed by atoms with Crippen molar-refractivity contribution in [2.24, 2.45) is 46.3 Å². The maximum absolute atomic E-state index is 13.2. The van der Waals surface area contributed by atoms with Gasteiger partial charge in [-0.1, -0.05) is 85.0 Å². The molecule has 8 heteroatoms. The Morgan fingerprint density at radius 2 is 1.29 bits per heavy atom. The lowest BCUT2D eigenvalue weighted by atomic mass is 9.44. The van der Waals surface area contributed by atoms with E-state index < -0.39 is 20.3 Å². The van der Waals surface area contributed by atoms with Crippen LogP contribution in [-0.4, -0.2) is 60.9 Å². The molecule has 0 aromatic carbocycles. The van der Waals surface area contributed by atoms with Crippen LogP contribution in [0.3, 0.4) is 0 Å². The molecule has 4 rings (SSSR count). The van der Waals surface area contributed by atoms with E-state index in [1.807, 2.05) is 0 Å². The summed E-state index contributed by atoms with van der Waals surface area (Å²) in [5.41, 5.74) is -0.410. The van der Waals surface area contributed by atoms with Gasteiger partial charge in [-0.25, -0.2) is 8.78 Å². The van der Waals surface area contributed by atoms with Gasteiger partial charge in [-0.3, -0.25) is 4.67 Å². The number of fused-ring (bicyclic) bond motifs is 5. The minimum atomic E-state index is -2.44. The average molecular weight is 851 g/mol. The number of unbranched alkanes of at least 4 members (excludes halogenated alkanes) is 11. The smallest absolute Gasteiger partial charge is 0.266 e. The lowest BCUT2D eigenvalue weighted by Gasteiger charge is -2.61. The molecule has 1 unspecified atom stereocenters. The van der Waals surface area contributed by atoms with Crippen molar-refractivity contribution in [2.75, 3.05) is 26.0 Å². The molecule has 4 aliphatic carbocycles. The van der Waals surface area contributed by atoms with Crippen LogP contribution in [0.5, 0.6) is 0 Å². The van der Waals surface area contributed by atoms with E-state index in [0.29, 0.717) is 48.0 Å². The maximum Gasteiger partial charge on any atom is 0.266 e. The SMILES string of the molecule is CC(C)N(C(C)C)P(CCC#N)OCCCCCCCCCCCCCCO[C@@H]1CC[C@@]2(C)[C@H](CC[C@@H]3[C@@H]2CC[C@]2(C)[C@@H]([C@H](C)CCCOC(C)(C)C(F)F)CC[C@@H]32)C1. The second-order valence-corrected chi connectivity index (χ2v) is 23.5. The van der Waals surface area contributed by atoms with Gasteiger partial charge in [0.05, 0.1) is 18.8 Å². The Balaban J connectivity index is 1.01. The molecule has 10 atom stereocenters. The van der Waals surface area contributed by atoms with Crippen LogP contribution in [0.1, 0.15) is 216 Å². The third kappa shape index (κ3) is 14.6. The summed E-state index contributed by atoms with van der Waals surface area (Å²) in [4.78, 5) is 0. The summed E-state index contributed by atoms with van der Waals surface area (Å²) in [6.45, 7) is 22.0. The first-order chi connectivity index (χ1) is 28.2. The van der Waals surface area contributed by atoms with E-state index in [9.17, 15) is 8.78 Å². The molecule has 0 amide bonds. The number of nitrogens with zero attached hydrogens (tertiary/aromatic N) is 2. The fourth-order valence-electron chi connectivity index (χ4n) is 13.2. The highest BCUT2D eigenvalue weighted by Crippen LogP contribution is 2.68. The largest absolute Gasteiger partial charge is 0.378 e. The Kier molecular flexibility index (Phi) is 21.9.